The van der Waals surface area contributed by atoms with Gasteiger partial charge in [-0.05, 0) is 39.7 Å². The number of imidazole rings is 1. The molecule has 0 aliphatic rings. The Morgan fingerprint density at radius 1 is 1.34 bits per heavy atom. The van der Waals surface area contributed by atoms with E-state index in [0.29, 0.717) is 19.0 Å². The molecular weight excluding hydrogens is 406 g/mol. The summed E-state index contributed by atoms with van der Waals surface area (Å²) in [5.41, 5.74) is 2.32. The monoisotopic (exact) mass is 435 g/mol. The second-order valence-corrected chi connectivity index (χ2v) is 10.7. The van der Waals surface area contributed by atoms with Crippen molar-refractivity contribution in [2.45, 2.75) is 51.4 Å². The highest BCUT2D eigenvalue weighted by molar-refractivity contribution is 8.01. The lowest BCUT2D eigenvalue weighted by atomic mass is 10.2. The number of carbonyl (C=O) groups excluding carboxylic acids is 1. The average molecular weight is 436 g/mol. The molecule has 0 fully saturated rings. The molecule has 0 bridgehead atoms. The molecule has 0 aliphatic carbocycles. The Balaban J connectivity index is 1.74. The van der Waals surface area contributed by atoms with E-state index < -0.39 is 11.7 Å². The Morgan fingerprint density at radius 2 is 2.10 bits per heavy atom. The van der Waals surface area contributed by atoms with E-state index >= 15 is 0 Å². The number of fused-ring (bicyclic) bond motifs is 3. The molecule has 3 rings (SSSR count). The van der Waals surface area contributed by atoms with Crippen molar-refractivity contribution in [2.75, 3.05) is 24.2 Å². The molecule has 3 aromatic heterocycles. The van der Waals surface area contributed by atoms with E-state index in [4.69, 9.17) is 9.72 Å². The summed E-state index contributed by atoms with van der Waals surface area (Å²) >= 11 is 3.63. The first kappa shape index (κ1) is 21.7. The van der Waals surface area contributed by atoms with Gasteiger partial charge in [-0.3, -0.25) is 4.40 Å². The number of hydrogen-bond acceptors (Lipinski definition) is 7. The van der Waals surface area contributed by atoms with Crippen LogP contribution in [0.1, 0.15) is 40.3 Å². The zero-order valence-corrected chi connectivity index (χ0v) is 19.5. The number of carbonyl (C=O) groups is 1. The van der Waals surface area contributed by atoms with Crippen LogP contribution in [0.3, 0.4) is 0 Å². The highest BCUT2D eigenvalue weighted by Gasteiger charge is 2.17. The number of thiophene rings is 1. The first-order chi connectivity index (χ1) is 13.6. The number of thioether (sulfide) groups is 1. The second kappa shape index (κ2) is 8.79. The molecule has 9 heteroatoms. The van der Waals surface area contributed by atoms with Gasteiger partial charge in [0.25, 0.3) is 0 Å². The number of aromatic nitrogens is 3. The molecule has 3 heterocycles. The topological polar surface area (TPSA) is 80.5 Å². The third-order valence-electron chi connectivity index (χ3n) is 3.90. The van der Waals surface area contributed by atoms with Crippen LogP contribution in [0.15, 0.2) is 16.5 Å². The van der Waals surface area contributed by atoms with Gasteiger partial charge in [0, 0.05) is 30.7 Å². The molecule has 29 heavy (non-hydrogen) atoms. The molecule has 0 radical (unpaired) electrons. The molecule has 0 aliphatic heterocycles. The van der Waals surface area contributed by atoms with Crippen LogP contribution in [-0.2, 0) is 4.74 Å². The maximum Gasteiger partial charge on any atom is 0.407 e. The highest BCUT2D eigenvalue weighted by atomic mass is 32.2. The minimum absolute atomic E-state index is 0.422. The first-order valence-corrected chi connectivity index (χ1v) is 11.6. The molecule has 0 saturated carbocycles. The van der Waals surface area contributed by atoms with Crippen molar-refractivity contribution >= 4 is 51.0 Å². The molecule has 158 valence electrons. The van der Waals surface area contributed by atoms with Crippen LogP contribution >= 0.6 is 23.1 Å². The Labute approximate surface area is 179 Å². The van der Waals surface area contributed by atoms with Gasteiger partial charge < -0.3 is 15.4 Å². The number of ether oxygens (including phenoxy) is 1. The molecule has 1 amide bonds. The van der Waals surface area contributed by atoms with Gasteiger partial charge in [0.2, 0.25) is 0 Å². The zero-order chi connectivity index (χ0) is 21.2. The van der Waals surface area contributed by atoms with Crippen molar-refractivity contribution in [3.8, 4) is 0 Å². The van der Waals surface area contributed by atoms with E-state index in [1.54, 1.807) is 11.3 Å². The summed E-state index contributed by atoms with van der Waals surface area (Å²) < 4.78 is 8.66. The Morgan fingerprint density at radius 3 is 2.79 bits per heavy atom. The van der Waals surface area contributed by atoms with Crippen molar-refractivity contribution in [3.05, 3.63) is 18.0 Å². The van der Waals surface area contributed by atoms with E-state index in [9.17, 15) is 4.79 Å². The van der Waals surface area contributed by atoms with Gasteiger partial charge in [0.1, 0.15) is 15.9 Å². The van der Waals surface area contributed by atoms with Gasteiger partial charge >= 0.3 is 6.09 Å². The molecule has 0 spiro atoms. The normalized spacial score (nSPS) is 12.1. The van der Waals surface area contributed by atoms with Crippen LogP contribution in [0.2, 0.25) is 0 Å². The van der Waals surface area contributed by atoms with Crippen molar-refractivity contribution in [1.82, 2.24) is 19.7 Å². The molecule has 0 saturated heterocycles. The molecule has 2 N–H and O–H groups in total. The zero-order valence-electron chi connectivity index (χ0n) is 17.8. The van der Waals surface area contributed by atoms with Crippen LogP contribution < -0.4 is 10.6 Å². The third kappa shape index (κ3) is 5.54. The number of amides is 1. The molecular formula is C20H29N5O2S2. The Bertz CT molecular complexity index is 1000. The van der Waals surface area contributed by atoms with Gasteiger partial charge in [-0.25, -0.2) is 14.8 Å². The number of rotatable bonds is 7. The predicted octanol–water partition coefficient (Wildman–Crippen LogP) is 4.94. The largest absolute Gasteiger partial charge is 0.444 e. The summed E-state index contributed by atoms with van der Waals surface area (Å²) in [5.74, 6) is 2.44. The van der Waals surface area contributed by atoms with Gasteiger partial charge in [0.05, 0.1) is 4.21 Å². The van der Waals surface area contributed by atoms with Crippen LogP contribution in [-0.4, -0.2) is 44.9 Å². The summed E-state index contributed by atoms with van der Waals surface area (Å²) in [6.45, 7) is 13.0. The number of anilines is 1. The number of nitrogens with zero attached hydrogens (tertiary/aromatic N) is 3. The van der Waals surface area contributed by atoms with E-state index in [-0.39, 0.29) is 0 Å². The minimum Gasteiger partial charge on any atom is -0.444 e. The molecule has 3 aromatic rings. The summed E-state index contributed by atoms with van der Waals surface area (Å²) in [6, 6.07) is 2.15. The lowest BCUT2D eigenvalue weighted by molar-refractivity contribution is 0.0530. The lowest BCUT2D eigenvalue weighted by Crippen LogP contribution is -2.35. The van der Waals surface area contributed by atoms with E-state index in [1.807, 2.05) is 45.7 Å². The Kier molecular flexibility index (Phi) is 6.58. The summed E-state index contributed by atoms with van der Waals surface area (Å²) in [6.07, 6.45) is 1.44. The third-order valence-corrected chi connectivity index (χ3v) is 6.64. The fourth-order valence-corrected chi connectivity index (χ4v) is 4.98. The van der Waals surface area contributed by atoms with Crippen molar-refractivity contribution in [2.24, 2.45) is 5.92 Å². The van der Waals surface area contributed by atoms with Crippen molar-refractivity contribution in [3.63, 3.8) is 0 Å². The van der Waals surface area contributed by atoms with Gasteiger partial charge in [-0.2, -0.15) is 0 Å². The predicted molar refractivity (Wildman–Crippen MR) is 121 cm³/mol. The molecule has 0 aromatic carbocycles. The second-order valence-electron chi connectivity index (χ2n) is 8.34. The number of hydrogen-bond donors (Lipinski definition) is 2. The van der Waals surface area contributed by atoms with Crippen LogP contribution in [0.4, 0.5) is 10.6 Å². The number of alkyl carbamates (subject to hydrolysis) is 1. The first-order valence-electron chi connectivity index (χ1n) is 9.75. The lowest BCUT2D eigenvalue weighted by Gasteiger charge is -2.19. The van der Waals surface area contributed by atoms with Crippen LogP contribution in [0.25, 0.3) is 16.0 Å². The maximum absolute atomic E-state index is 11.8. The smallest absolute Gasteiger partial charge is 0.407 e. The Hall–Kier alpha value is -2.00. The quantitative estimate of drug-likeness (QED) is 0.404. The molecule has 7 nitrogen and oxygen atoms in total. The molecule has 0 atom stereocenters. The van der Waals surface area contributed by atoms with Gasteiger partial charge in [0.15, 0.2) is 11.5 Å². The standard InChI is InChI=1S/C20H29N5O2S2/c1-12(2)11-28-15-9-14-18(29-15)25-13(3)10-23-17(25)16(24-14)21-7-8-22-19(26)27-20(4,5)6/h9-10,12H,7-8,11H2,1-6H3,(H,21,24)(H,22,26). The minimum atomic E-state index is -0.506. The van der Waals surface area contributed by atoms with E-state index in [1.165, 1.54) is 4.21 Å². The number of aryl methyl sites for hydroxylation is 1. The maximum atomic E-state index is 11.8. The van der Waals surface area contributed by atoms with Crippen LogP contribution in [0.5, 0.6) is 0 Å². The summed E-state index contributed by atoms with van der Waals surface area (Å²) in [7, 11) is 0. The van der Waals surface area contributed by atoms with E-state index in [2.05, 4.69) is 39.9 Å². The SMILES string of the molecule is Cc1cnc2c(NCCNC(=O)OC(C)(C)C)nc3cc(SCC(C)C)sc3n12. The van der Waals surface area contributed by atoms with Gasteiger partial charge in [-0.1, -0.05) is 13.8 Å². The highest BCUT2D eigenvalue weighted by Crippen LogP contribution is 2.35. The van der Waals surface area contributed by atoms with Crippen LogP contribution in [0, 0.1) is 12.8 Å². The molecule has 0 unspecified atom stereocenters. The van der Waals surface area contributed by atoms with Gasteiger partial charge in [-0.15, -0.1) is 23.1 Å². The fraction of sp³-hybridized carbons (Fsp3) is 0.550. The number of nitrogens with one attached hydrogen (secondary N) is 2. The average Bonchev–Trinajstić information content (AvgIpc) is 3.18. The summed E-state index contributed by atoms with van der Waals surface area (Å²) in [5, 5.41) is 6.06. The fourth-order valence-electron chi connectivity index (χ4n) is 2.72. The van der Waals surface area contributed by atoms with Crippen molar-refractivity contribution < 1.29 is 9.53 Å². The van der Waals surface area contributed by atoms with Crippen molar-refractivity contribution in [1.29, 1.82) is 0 Å². The van der Waals surface area contributed by atoms with E-state index in [0.717, 1.165) is 33.3 Å². The summed E-state index contributed by atoms with van der Waals surface area (Å²) in [4.78, 5) is 22.2.